The van der Waals surface area contributed by atoms with E-state index in [1.807, 2.05) is 0 Å². The molecule has 0 radical (unpaired) electrons. The van der Waals surface area contributed by atoms with Gasteiger partial charge >= 0.3 is 0 Å². The van der Waals surface area contributed by atoms with Gasteiger partial charge in [-0.2, -0.15) is 11.8 Å². The van der Waals surface area contributed by atoms with Gasteiger partial charge in [0.05, 0.1) is 17.2 Å². The average Bonchev–Trinajstić information content (AvgIpc) is 2.24. The predicted molar refractivity (Wildman–Crippen MR) is 71.0 cm³/mol. The van der Waals surface area contributed by atoms with E-state index in [0.717, 1.165) is 11.5 Å². The van der Waals surface area contributed by atoms with E-state index in [1.54, 1.807) is 30.0 Å². The molecule has 0 aliphatic heterocycles. The summed E-state index contributed by atoms with van der Waals surface area (Å²) in [7, 11) is 0. The van der Waals surface area contributed by atoms with Crippen molar-refractivity contribution in [1.82, 2.24) is 0 Å². The fraction of sp³-hybridized carbons (Fsp3) is 0.364. The summed E-state index contributed by atoms with van der Waals surface area (Å²) >= 11 is 7.76. The lowest BCUT2D eigenvalue weighted by molar-refractivity contribution is 0.343. The number of nitrogen functional groups attached to an aromatic ring is 1. The van der Waals surface area contributed by atoms with Gasteiger partial charge in [0, 0.05) is 5.75 Å². The minimum Gasteiger partial charge on any atom is -0.492 e. The van der Waals surface area contributed by atoms with E-state index in [4.69, 9.17) is 27.5 Å². The number of ether oxygens (including phenoxy) is 1. The lowest BCUT2D eigenvalue weighted by atomic mass is 10.2. The first-order chi connectivity index (χ1) is 7.66. The highest BCUT2D eigenvalue weighted by atomic mass is 35.5. The molecular formula is C11H15ClN2OS. The summed E-state index contributed by atoms with van der Waals surface area (Å²) in [6, 6.07) is 5.27. The Morgan fingerprint density at radius 2 is 2.31 bits per heavy atom. The first-order valence-corrected chi connectivity index (χ1v) is 6.53. The number of hydrogen-bond acceptors (Lipinski definition) is 3. The summed E-state index contributed by atoms with van der Waals surface area (Å²) in [5.74, 6) is 2.50. The summed E-state index contributed by atoms with van der Waals surface area (Å²) in [4.78, 5) is 0. The molecule has 5 heteroatoms. The fourth-order valence-corrected chi connectivity index (χ4v) is 2.00. The van der Waals surface area contributed by atoms with Crippen molar-refractivity contribution < 1.29 is 4.74 Å². The number of halogens is 1. The molecule has 0 fully saturated rings. The minimum absolute atomic E-state index is 0.0660. The summed E-state index contributed by atoms with van der Waals surface area (Å²) in [6.07, 6.45) is 0. The van der Waals surface area contributed by atoms with Crippen LogP contribution in [-0.4, -0.2) is 23.9 Å². The predicted octanol–water partition coefficient (Wildman–Crippen LogP) is 2.76. The topological polar surface area (TPSA) is 59.1 Å². The molecule has 1 aromatic carbocycles. The summed E-state index contributed by atoms with van der Waals surface area (Å²) in [5, 5.41) is 7.89. The third-order valence-corrected chi connectivity index (χ3v) is 3.11. The minimum atomic E-state index is -0.0660. The van der Waals surface area contributed by atoms with Gasteiger partial charge in [-0.05, 0) is 17.9 Å². The van der Waals surface area contributed by atoms with Crippen molar-refractivity contribution in [2.24, 2.45) is 5.73 Å². The number of thioether (sulfide) groups is 1. The third-order valence-electron chi connectivity index (χ3n) is 1.93. The van der Waals surface area contributed by atoms with Crippen molar-refractivity contribution in [1.29, 1.82) is 5.41 Å². The first kappa shape index (κ1) is 13.2. The Hall–Kier alpha value is -0.870. The van der Waals surface area contributed by atoms with Crippen LogP contribution in [0.4, 0.5) is 0 Å². The van der Waals surface area contributed by atoms with Gasteiger partial charge in [-0.3, -0.25) is 5.41 Å². The Balaban J connectivity index is 2.71. The zero-order chi connectivity index (χ0) is 12.0. The molecule has 0 atom stereocenters. The molecule has 0 aromatic heterocycles. The molecule has 0 saturated heterocycles. The van der Waals surface area contributed by atoms with Crippen LogP contribution < -0.4 is 10.5 Å². The van der Waals surface area contributed by atoms with Crippen LogP contribution in [0.25, 0.3) is 0 Å². The van der Waals surface area contributed by atoms with E-state index in [0.29, 0.717) is 22.9 Å². The molecule has 88 valence electrons. The van der Waals surface area contributed by atoms with Gasteiger partial charge in [0.15, 0.2) is 0 Å². The summed E-state index contributed by atoms with van der Waals surface area (Å²) in [5.41, 5.74) is 5.94. The van der Waals surface area contributed by atoms with Crippen LogP contribution in [0.1, 0.15) is 12.5 Å². The largest absolute Gasteiger partial charge is 0.492 e. The standard InChI is InChI=1S/C11H15ClN2OS/c1-2-16-7-6-15-9-5-3-4-8(12)10(9)11(13)14/h3-5H,2,6-7H2,1H3,(H3,13,14). The smallest absolute Gasteiger partial charge is 0.131 e. The molecule has 0 bridgehead atoms. The molecule has 0 aliphatic rings. The maximum absolute atomic E-state index is 7.44. The Labute approximate surface area is 105 Å². The van der Waals surface area contributed by atoms with Crippen LogP contribution in [0.15, 0.2) is 18.2 Å². The molecule has 0 saturated carbocycles. The number of hydrogen-bond donors (Lipinski definition) is 2. The van der Waals surface area contributed by atoms with Crippen molar-refractivity contribution in [3.63, 3.8) is 0 Å². The van der Waals surface area contributed by atoms with E-state index >= 15 is 0 Å². The second kappa shape index (κ2) is 6.66. The molecule has 0 unspecified atom stereocenters. The van der Waals surface area contributed by atoms with Crippen molar-refractivity contribution in [2.45, 2.75) is 6.92 Å². The zero-order valence-corrected chi connectivity index (χ0v) is 10.7. The Morgan fingerprint density at radius 3 is 2.94 bits per heavy atom. The SMILES string of the molecule is CCSCCOc1cccc(Cl)c1C(=N)N. The Bertz CT molecular complexity index is 371. The molecule has 3 nitrogen and oxygen atoms in total. The molecule has 0 amide bonds. The molecule has 1 aromatic rings. The highest BCUT2D eigenvalue weighted by Crippen LogP contribution is 2.25. The van der Waals surface area contributed by atoms with Crippen molar-refractivity contribution in [2.75, 3.05) is 18.1 Å². The van der Waals surface area contributed by atoms with E-state index < -0.39 is 0 Å². The molecule has 16 heavy (non-hydrogen) atoms. The Kier molecular flexibility index (Phi) is 5.49. The van der Waals surface area contributed by atoms with Gasteiger partial charge in [-0.15, -0.1) is 0 Å². The lowest BCUT2D eigenvalue weighted by Gasteiger charge is -2.11. The molecule has 1 rings (SSSR count). The van der Waals surface area contributed by atoms with Gasteiger partial charge in [-0.25, -0.2) is 0 Å². The fourth-order valence-electron chi connectivity index (χ4n) is 1.24. The maximum atomic E-state index is 7.44. The van der Waals surface area contributed by atoms with Gasteiger partial charge in [-0.1, -0.05) is 24.6 Å². The normalized spacial score (nSPS) is 10.1. The van der Waals surface area contributed by atoms with E-state index in [9.17, 15) is 0 Å². The van der Waals surface area contributed by atoms with Crippen molar-refractivity contribution in [3.05, 3.63) is 28.8 Å². The van der Waals surface area contributed by atoms with Crippen LogP contribution in [0, 0.1) is 5.41 Å². The van der Waals surface area contributed by atoms with Gasteiger partial charge in [0.25, 0.3) is 0 Å². The Morgan fingerprint density at radius 1 is 1.56 bits per heavy atom. The number of rotatable bonds is 6. The maximum Gasteiger partial charge on any atom is 0.131 e. The first-order valence-electron chi connectivity index (χ1n) is 5.00. The number of nitrogens with one attached hydrogen (secondary N) is 1. The van der Waals surface area contributed by atoms with Gasteiger partial charge in [0.1, 0.15) is 11.6 Å². The summed E-state index contributed by atoms with van der Waals surface area (Å²) < 4.78 is 5.56. The van der Waals surface area contributed by atoms with Crippen LogP contribution in [-0.2, 0) is 0 Å². The van der Waals surface area contributed by atoms with E-state index in [1.165, 1.54) is 0 Å². The number of nitrogens with two attached hydrogens (primary N) is 1. The molecule has 0 spiro atoms. The second-order valence-electron chi connectivity index (χ2n) is 3.07. The summed E-state index contributed by atoms with van der Waals surface area (Å²) in [6.45, 7) is 2.70. The third kappa shape index (κ3) is 3.61. The lowest BCUT2D eigenvalue weighted by Crippen LogP contribution is -2.14. The van der Waals surface area contributed by atoms with Crippen LogP contribution >= 0.6 is 23.4 Å². The van der Waals surface area contributed by atoms with Crippen molar-refractivity contribution >= 4 is 29.2 Å². The van der Waals surface area contributed by atoms with Gasteiger partial charge < -0.3 is 10.5 Å². The van der Waals surface area contributed by atoms with Crippen LogP contribution in [0.3, 0.4) is 0 Å². The molecule has 0 aliphatic carbocycles. The van der Waals surface area contributed by atoms with Crippen molar-refractivity contribution in [3.8, 4) is 5.75 Å². The quantitative estimate of drug-likeness (QED) is 0.469. The monoisotopic (exact) mass is 258 g/mol. The number of amidine groups is 1. The highest BCUT2D eigenvalue weighted by molar-refractivity contribution is 7.99. The number of benzene rings is 1. The molecule has 0 heterocycles. The average molecular weight is 259 g/mol. The highest BCUT2D eigenvalue weighted by Gasteiger charge is 2.10. The van der Waals surface area contributed by atoms with E-state index in [-0.39, 0.29) is 5.84 Å². The molecular weight excluding hydrogens is 244 g/mol. The van der Waals surface area contributed by atoms with E-state index in [2.05, 4.69) is 6.92 Å². The van der Waals surface area contributed by atoms with Crippen LogP contribution in [0.5, 0.6) is 5.75 Å². The second-order valence-corrected chi connectivity index (χ2v) is 4.87. The van der Waals surface area contributed by atoms with Gasteiger partial charge in [0.2, 0.25) is 0 Å². The molecule has 3 N–H and O–H groups in total. The van der Waals surface area contributed by atoms with Crippen LogP contribution in [0.2, 0.25) is 5.02 Å². The zero-order valence-electron chi connectivity index (χ0n) is 9.13.